The van der Waals surface area contributed by atoms with E-state index < -0.39 is 0 Å². The van der Waals surface area contributed by atoms with Crippen molar-refractivity contribution in [3.05, 3.63) is 10.8 Å². The molecule has 6 heteroatoms. The van der Waals surface area contributed by atoms with Crippen molar-refractivity contribution < 1.29 is 0 Å². The van der Waals surface area contributed by atoms with Crippen molar-refractivity contribution >= 4 is 16.3 Å². The van der Waals surface area contributed by atoms with Crippen molar-refractivity contribution in [1.29, 1.82) is 0 Å². The van der Waals surface area contributed by atoms with Crippen molar-refractivity contribution in [2.45, 2.75) is 50.4 Å². The Labute approximate surface area is 116 Å². The lowest BCUT2D eigenvalue weighted by Gasteiger charge is -2.28. The highest BCUT2D eigenvalue weighted by Gasteiger charge is 2.32. The van der Waals surface area contributed by atoms with Crippen LogP contribution >= 0.6 is 11.3 Å². The molecule has 2 aliphatic carbocycles. The Morgan fingerprint density at radius 2 is 2.00 bits per heavy atom. The lowest BCUT2D eigenvalue weighted by molar-refractivity contribution is 0.312. The van der Waals surface area contributed by atoms with Crippen LogP contribution in [0.5, 0.6) is 0 Å². The number of aromatic nitrogens is 4. The van der Waals surface area contributed by atoms with Crippen molar-refractivity contribution in [2.75, 3.05) is 6.54 Å². The first-order valence-corrected chi connectivity index (χ1v) is 8.10. The Morgan fingerprint density at radius 3 is 2.79 bits per heavy atom. The van der Waals surface area contributed by atoms with Gasteiger partial charge in [-0.15, -0.1) is 10.2 Å². The molecule has 0 spiro atoms. The summed E-state index contributed by atoms with van der Waals surface area (Å²) in [5, 5.41) is 14.6. The van der Waals surface area contributed by atoms with E-state index in [2.05, 4.69) is 10.2 Å². The first-order chi connectivity index (χ1) is 9.36. The van der Waals surface area contributed by atoms with Gasteiger partial charge in [0.1, 0.15) is 5.01 Å². The first kappa shape index (κ1) is 11.8. The number of fused-ring (bicyclic) bond motifs is 1. The maximum atomic E-state index is 5.93. The van der Waals surface area contributed by atoms with Gasteiger partial charge < -0.3 is 5.73 Å². The minimum Gasteiger partial charge on any atom is -0.330 e. The molecule has 4 rings (SSSR count). The number of nitrogens with zero attached hydrogens (tertiary/aromatic N) is 4. The molecule has 0 aliphatic heterocycles. The monoisotopic (exact) mass is 277 g/mol. The van der Waals surface area contributed by atoms with E-state index in [0.29, 0.717) is 17.8 Å². The van der Waals surface area contributed by atoms with Crippen LogP contribution in [-0.4, -0.2) is 26.4 Å². The molecule has 2 unspecified atom stereocenters. The molecular formula is C13H19N5S. The number of hydrogen-bond donors (Lipinski definition) is 1. The third kappa shape index (κ3) is 1.97. The molecule has 0 bridgehead atoms. The fraction of sp³-hybridized carbons (Fsp3) is 0.769. The van der Waals surface area contributed by atoms with Gasteiger partial charge in [0.2, 0.25) is 4.96 Å². The van der Waals surface area contributed by atoms with Crippen LogP contribution in [0, 0.1) is 5.92 Å². The second-order valence-electron chi connectivity index (χ2n) is 5.85. The zero-order valence-corrected chi connectivity index (χ0v) is 11.8. The van der Waals surface area contributed by atoms with Gasteiger partial charge in [-0.2, -0.15) is 9.61 Å². The van der Waals surface area contributed by atoms with E-state index in [1.54, 1.807) is 11.3 Å². The van der Waals surface area contributed by atoms with Gasteiger partial charge in [-0.3, -0.25) is 0 Å². The average molecular weight is 277 g/mol. The van der Waals surface area contributed by atoms with Gasteiger partial charge >= 0.3 is 0 Å². The molecule has 2 aromatic rings. The standard InChI is InChI=1S/C13H19N5S/c14-7-9-3-1-2-4-10(9)12-17-18-11(8-5-6-8)15-16-13(18)19-12/h8-10H,1-7,14H2. The molecule has 2 saturated carbocycles. The van der Waals surface area contributed by atoms with Gasteiger partial charge in [0, 0.05) is 11.8 Å². The van der Waals surface area contributed by atoms with E-state index >= 15 is 0 Å². The third-order valence-electron chi connectivity index (χ3n) is 4.50. The Morgan fingerprint density at radius 1 is 1.16 bits per heavy atom. The molecule has 19 heavy (non-hydrogen) atoms. The SMILES string of the molecule is NCC1CCCCC1c1nn2c(C3CC3)nnc2s1. The average Bonchev–Trinajstić information content (AvgIpc) is 3.08. The summed E-state index contributed by atoms with van der Waals surface area (Å²) in [7, 11) is 0. The van der Waals surface area contributed by atoms with Crippen LogP contribution in [0.2, 0.25) is 0 Å². The highest BCUT2D eigenvalue weighted by Crippen LogP contribution is 2.42. The molecule has 2 fully saturated rings. The summed E-state index contributed by atoms with van der Waals surface area (Å²) >= 11 is 1.71. The van der Waals surface area contributed by atoms with Gasteiger partial charge in [0.25, 0.3) is 0 Å². The second kappa shape index (κ2) is 4.52. The summed E-state index contributed by atoms with van der Waals surface area (Å²) in [5.74, 6) is 2.80. The van der Waals surface area contributed by atoms with E-state index in [-0.39, 0.29) is 0 Å². The summed E-state index contributed by atoms with van der Waals surface area (Å²) in [5.41, 5.74) is 5.93. The molecule has 0 radical (unpaired) electrons. The summed E-state index contributed by atoms with van der Waals surface area (Å²) in [6.45, 7) is 0.778. The fourth-order valence-corrected chi connectivity index (χ4v) is 4.28. The minimum atomic E-state index is 0.539. The number of hydrogen-bond acceptors (Lipinski definition) is 5. The molecular weight excluding hydrogens is 258 g/mol. The molecule has 2 heterocycles. The molecule has 0 amide bonds. The molecule has 2 aromatic heterocycles. The highest BCUT2D eigenvalue weighted by atomic mass is 32.1. The third-order valence-corrected chi connectivity index (χ3v) is 5.53. The van der Waals surface area contributed by atoms with Crippen LogP contribution in [0.15, 0.2) is 0 Å². The van der Waals surface area contributed by atoms with Crippen LogP contribution in [0.25, 0.3) is 4.96 Å². The van der Waals surface area contributed by atoms with Crippen molar-refractivity contribution in [1.82, 2.24) is 19.8 Å². The van der Waals surface area contributed by atoms with Crippen molar-refractivity contribution in [3.63, 3.8) is 0 Å². The Bertz CT molecular complexity index is 585. The molecule has 102 valence electrons. The van der Waals surface area contributed by atoms with E-state index in [9.17, 15) is 0 Å². The Kier molecular flexibility index (Phi) is 2.81. The largest absolute Gasteiger partial charge is 0.330 e. The zero-order chi connectivity index (χ0) is 12.8. The number of rotatable bonds is 3. The van der Waals surface area contributed by atoms with Gasteiger partial charge in [-0.25, -0.2) is 0 Å². The fourth-order valence-electron chi connectivity index (χ4n) is 3.21. The summed E-state index contributed by atoms with van der Waals surface area (Å²) in [6.07, 6.45) is 7.57. The van der Waals surface area contributed by atoms with Gasteiger partial charge in [0.05, 0.1) is 0 Å². The van der Waals surface area contributed by atoms with Crippen LogP contribution in [-0.2, 0) is 0 Å². The van der Waals surface area contributed by atoms with Crippen LogP contribution < -0.4 is 5.73 Å². The highest BCUT2D eigenvalue weighted by molar-refractivity contribution is 7.16. The van der Waals surface area contributed by atoms with E-state index in [4.69, 9.17) is 10.8 Å². The summed E-state index contributed by atoms with van der Waals surface area (Å²) < 4.78 is 1.99. The quantitative estimate of drug-likeness (QED) is 0.934. The maximum absolute atomic E-state index is 5.93. The Hall–Kier alpha value is -1.01. The van der Waals surface area contributed by atoms with Gasteiger partial charge in [0.15, 0.2) is 5.82 Å². The predicted octanol–water partition coefficient (Wildman–Crippen LogP) is 2.30. The van der Waals surface area contributed by atoms with Crippen LogP contribution in [0.4, 0.5) is 0 Å². The summed E-state index contributed by atoms with van der Waals surface area (Å²) in [6, 6.07) is 0. The molecule has 5 nitrogen and oxygen atoms in total. The van der Waals surface area contributed by atoms with Crippen molar-refractivity contribution in [3.8, 4) is 0 Å². The lowest BCUT2D eigenvalue weighted by atomic mass is 9.80. The summed E-state index contributed by atoms with van der Waals surface area (Å²) in [4.78, 5) is 0.957. The van der Waals surface area contributed by atoms with Crippen LogP contribution in [0.1, 0.15) is 61.2 Å². The molecule has 0 saturated heterocycles. The van der Waals surface area contributed by atoms with Gasteiger partial charge in [-0.05, 0) is 38.1 Å². The van der Waals surface area contributed by atoms with Crippen molar-refractivity contribution in [2.24, 2.45) is 11.7 Å². The van der Waals surface area contributed by atoms with Gasteiger partial charge in [-0.1, -0.05) is 24.2 Å². The molecule has 2 atom stereocenters. The van der Waals surface area contributed by atoms with E-state index in [1.807, 2.05) is 4.52 Å². The topological polar surface area (TPSA) is 69.1 Å². The lowest BCUT2D eigenvalue weighted by Crippen LogP contribution is -2.25. The first-order valence-electron chi connectivity index (χ1n) is 7.29. The predicted molar refractivity (Wildman–Crippen MR) is 74.4 cm³/mol. The molecule has 2 aliphatic rings. The minimum absolute atomic E-state index is 0.539. The number of nitrogens with two attached hydrogens (primary N) is 1. The van der Waals surface area contributed by atoms with E-state index in [0.717, 1.165) is 17.3 Å². The van der Waals surface area contributed by atoms with E-state index in [1.165, 1.54) is 43.5 Å². The van der Waals surface area contributed by atoms with Crippen LogP contribution in [0.3, 0.4) is 0 Å². The normalized spacial score (nSPS) is 28.1. The Balaban J connectivity index is 1.70. The smallest absolute Gasteiger partial charge is 0.234 e. The second-order valence-corrected chi connectivity index (χ2v) is 6.84. The zero-order valence-electron chi connectivity index (χ0n) is 11.0. The molecule has 2 N–H and O–H groups in total. The maximum Gasteiger partial charge on any atom is 0.234 e. The molecule has 0 aromatic carbocycles.